The number of carbonyl (C=O) groups is 2. The summed E-state index contributed by atoms with van der Waals surface area (Å²) < 4.78 is 0. The summed E-state index contributed by atoms with van der Waals surface area (Å²) in [5.41, 5.74) is 5.30. The zero-order valence-electron chi connectivity index (χ0n) is 16.2. The van der Waals surface area contributed by atoms with Crippen LogP contribution in [0.5, 0.6) is 0 Å². The Bertz CT molecular complexity index is 978. The third-order valence-electron chi connectivity index (χ3n) is 4.62. The number of rotatable bonds is 7. The minimum atomic E-state index is -0.175. The lowest BCUT2D eigenvalue weighted by Gasteiger charge is -2.12. The van der Waals surface area contributed by atoms with E-state index in [-0.39, 0.29) is 11.7 Å². The van der Waals surface area contributed by atoms with Gasteiger partial charge in [0.2, 0.25) is 0 Å². The van der Waals surface area contributed by atoms with E-state index in [0.29, 0.717) is 23.4 Å². The average Bonchev–Trinajstić information content (AvgIpc) is 2.73. The number of para-hydroxylation sites is 1. The van der Waals surface area contributed by atoms with Gasteiger partial charge in [-0.2, -0.15) is 0 Å². The molecule has 0 bridgehead atoms. The fraction of sp³-hybridized carbons (Fsp3) is 0.167. The molecule has 3 aromatic rings. The van der Waals surface area contributed by atoms with Crippen LogP contribution in [0.4, 0.5) is 11.4 Å². The number of Topliss-reactive ketones (excluding diaryl/α,β-unsaturated/α-hetero) is 1. The van der Waals surface area contributed by atoms with Crippen molar-refractivity contribution in [3.05, 3.63) is 95.1 Å². The van der Waals surface area contributed by atoms with Gasteiger partial charge in [0, 0.05) is 29.0 Å². The van der Waals surface area contributed by atoms with Gasteiger partial charge in [-0.3, -0.25) is 9.59 Å². The molecule has 0 spiro atoms. The van der Waals surface area contributed by atoms with E-state index in [1.165, 1.54) is 12.5 Å². The smallest absolute Gasteiger partial charge is 0.255 e. The third-order valence-corrected chi connectivity index (χ3v) is 4.62. The summed E-state index contributed by atoms with van der Waals surface area (Å²) in [6.07, 6.45) is 0.966. The molecule has 0 aliphatic heterocycles. The second kappa shape index (κ2) is 9.00. The number of amides is 1. The Morgan fingerprint density at radius 1 is 0.857 bits per heavy atom. The molecular weight excluding hydrogens is 348 g/mol. The Balaban J connectivity index is 1.66. The van der Waals surface area contributed by atoms with Crippen molar-refractivity contribution < 1.29 is 9.59 Å². The molecule has 4 heteroatoms. The van der Waals surface area contributed by atoms with Crippen molar-refractivity contribution in [1.29, 1.82) is 0 Å². The fourth-order valence-corrected chi connectivity index (χ4v) is 3.01. The lowest BCUT2D eigenvalue weighted by atomic mass is 10.1. The predicted octanol–water partition coefficient (Wildman–Crippen LogP) is 5.32. The molecule has 0 unspecified atom stereocenters. The van der Waals surface area contributed by atoms with E-state index in [1.54, 1.807) is 30.3 Å². The van der Waals surface area contributed by atoms with E-state index in [2.05, 4.69) is 29.7 Å². The van der Waals surface area contributed by atoms with Crippen LogP contribution in [-0.4, -0.2) is 11.7 Å². The first-order chi connectivity index (χ1) is 13.6. The SMILES string of the molecule is CCc1ccccc1NCc1cccc(C(=O)Nc2ccc(C(C)=O)cc2)c1. The van der Waals surface area contributed by atoms with Crippen LogP contribution >= 0.6 is 0 Å². The van der Waals surface area contributed by atoms with Gasteiger partial charge >= 0.3 is 0 Å². The molecule has 0 fully saturated rings. The average molecular weight is 372 g/mol. The molecular formula is C24H24N2O2. The van der Waals surface area contributed by atoms with Gasteiger partial charge in [0.25, 0.3) is 5.91 Å². The molecule has 142 valence electrons. The van der Waals surface area contributed by atoms with Crippen molar-refractivity contribution in [1.82, 2.24) is 0 Å². The largest absolute Gasteiger partial charge is 0.381 e. The quantitative estimate of drug-likeness (QED) is 0.552. The van der Waals surface area contributed by atoms with Crippen LogP contribution in [0, 0.1) is 0 Å². The standard InChI is InChI=1S/C24H24N2O2/c1-3-19-8-4-5-10-23(19)25-16-18-7-6-9-21(15-18)24(28)26-22-13-11-20(12-14-22)17(2)27/h4-15,25H,3,16H2,1-2H3,(H,26,28). The van der Waals surface area contributed by atoms with Gasteiger partial charge in [-0.1, -0.05) is 37.3 Å². The highest BCUT2D eigenvalue weighted by molar-refractivity contribution is 6.04. The van der Waals surface area contributed by atoms with Crippen LogP contribution < -0.4 is 10.6 Å². The predicted molar refractivity (Wildman–Crippen MR) is 114 cm³/mol. The molecule has 0 saturated carbocycles. The maximum Gasteiger partial charge on any atom is 0.255 e. The highest BCUT2D eigenvalue weighted by Gasteiger charge is 2.08. The number of aryl methyl sites for hydroxylation is 1. The number of carbonyl (C=O) groups excluding carboxylic acids is 2. The van der Waals surface area contributed by atoms with Crippen LogP contribution in [0.2, 0.25) is 0 Å². The van der Waals surface area contributed by atoms with Crippen LogP contribution in [0.25, 0.3) is 0 Å². The monoisotopic (exact) mass is 372 g/mol. The Morgan fingerprint density at radius 3 is 2.32 bits per heavy atom. The molecule has 0 aliphatic rings. The Morgan fingerprint density at radius 2 is 1.61 bits per heavy atom. The molecule has 3 rings (SSSR count). The summed E-state index contributed by atoms with van der Waals surface area (Å²) in [7, 11) is 0. The second-order valence-electron chi connectivity index (χ2n) is 6.65. The number of hydrogen-bond acceptors (Lipinski definition) is 3. The van der Waals surface area contributed by atoms with Crippen LogP contribution in [0.1, 0.15) is 45.7 Å². The number of ketones is 1. The summed E-state index contributed by atoms with van der Waals surface area (Å²) >= 11 is 0. The van der Waals surface area contributed by atoms with E-state index in [4.69, 9.17) is 0 Å². The van der Waals surface area contributed by atoms with Gasteiger partial charge in [-0.05, 0) is 66.9 Å². The van der Waals surface area contributed by atoms with Gasteiger partial charge in [0.05, 0.1) is 0 Å². The third kappa shape index (κ3) is 4.86. The number of nitrogens with one attached hydrogen (secondary N) is 2. The maximum atomic E-state index is 12.6. The lowest BCUT2D eigenvalue weighted by molar-refractivity contribution is 0.101. The first-order valence-electron chi connectivity index (χ1n) is 9.40. The van der Waals surface area contributed by atoms with Gasteiger partial charge in [0.1, 0.15) is 0 Å². The molecule has 3 aromatic carbocycles. The number of hydrogen-bond donors (Lipinski definition) is 2. The summed E-state index contributed by atoms with van der Waals surface area (Å²) in [5.74, 6) is -0.172. The molecule has 4 nitrogen and oxygen atoms in total. The second-order valence-corrected chi connectivity index (χ2v) is 6.65. The first kappa shape index (κ1) is 19.4. The van der Waals surface area contributed by atoms with Gasteiger partial charge in [-0.15, -0.1) is 0 Å². The lowest BCUT2D eigenvalue weighted by Crippen LogP contribution is -2.12. The maximum absolute atomic E-state index is 12.6. The number of anilines is 2. The zero-order chi connectivity index (χ0) is 19.9. The van der Waals surface area contributed by atoms with Crippen LogP contribution in [0.3, 0.4) is 0 Å². The van der Waals surface area contributed by atoms with Crippen molar-refractivity contribution >= 4 is 23.1 Å². The van der Waals surface area contributed by atoms with Gasteiger partial charge in [0.15, 0.2) is 5.78 Å². The first-order valence-corrected chi connectivity index (χ1v) is 9.40. The van der Waals surface area contributed by atoms with E-state index < -0.39 is 0 Å². The van der Waals surface area contributed by atoms with Crippen LogP contribution in [0.15, 0.2) is 72.8 Å². The molecule has 2 N–H and O–H groups in total. The van der Waals surface area contributed by atoms with E-state index >= 15 is 0 Å². The highest BCUT2D eigenvalue weighted by Crippen LogP contribution is 2.17. The molecule has 0 saturated heterocycles. The summed E-state index contributed by atoms with van der Waals surface area (Å²) in [4.78, 5) is 23.9. The van der Waals surface area contributed by atoms with E-state index in [0.717, 1.165) is 17.7 Å². The summed E-state index contributed by atoms with van der Waals surface area (Å²) in [6.45, 7) is 4.30. The highest BCUT2D eigenvalue weighted by atomic mass is 16.1. The minimum Gasteiger partial charge on any atom is -0.381 e. The van der Waals surface area contributed by atoms with Crippen molar-refractivity contribution in [2.45, 2.75) is 26.8 Å². The molecule has 0 atom stereocenters. The Kier molecular flexibility index (Phi) is 6.22. The van der Waals surface area contributed by atoms with Crippen molar-refractivity contribution in [3.8, 4) is 0 Å². The summed E-state index contributed by atoms with van der Waals surface area (Å²) in [6, 6.07) is 22.7. The van der Waals surface area contributed by atoms with E-state index in [9.17, 15) is 9.59 Å². The van der Waals surface area contributed by atoms with Gasteiger partial charge < -0.3 is 10.6 Å². The minimum absolute atomic E-state index is 0.00252. The Hall–Kier alpha value is -3.40. The van der Waals surface area contributed by atoms with Crippen molar-refractivity contribution in [2.24, 2.45) is 0 Å². The zero-order valence-corrected chi connectivity index (χ0v) is 16.2. The Labute approximate surface area is 165 Å². The molecule has 0 heterocycles. The molecule has 0 radical (unpaired) electrons. The molecule has 28 heavy (non-hydrogen) atoms. The van der Waals surface area contributed by atoms with Crippen molar-refractivity contribution in [2.75, 3.05) is 10.6 Å². The van der Waals surface area contributed by atoms with Crippen molar-refractivity contribution in [3.63, 3.8) is 0 Å². The van der Waals surface area contributed by atoms with Gasteiger partial charge in [-0.25, -0.2) is 0 Å². The summed E-state index contributed by atoms with van der Waals surface area (Å²) in [5, 5.41) is 6.32. The molecule has 0 aliphatic carbocycles. The number of benzene rings is 3. The fourth-order valence-electron chi connectivity index (χ4n) is 3.01. The molecule has 1 amide bonds. The van der Waals surface area contributed by atoms with E-state index in [1.807, 2.05) is 30.3 Å². The normalized spacial score (nSPS) is 10.4. The molecule has 0 aromatic heterocycles. The topological polar surface area (TPSA) is 58.2 Å². The van der Waals surface area contributed by atoms with Crippen LogP contribution in [-0.2, 0) is 13.0 Å².